The highest BCUT2D eigenvalue weighted by Gasteiger charge is 2.43. The quantitative estimate of drug-likeness (QED) is 0.247. The Labute approximate surface area is 255 Å². The first-order chi connectivity index (χ1) is 20.9. The minimum atomic E-state index is -1.21. The lowest BCUT2D eigenvalue weighted by atomic mass is 9.93. The first kappa shape index (κ1) is 32.7. The molecule has 0 bridgehead atoms. The number of carbonyl (C=O) groups excluding carboxylic acids is 2. The molecule has 0 radical (unpaired) electrons. The van der Waals surface area contributed by atoms with E-state index in [1.807, 2.05) is 12.1 Å². The first-order valence-corrected chi connectivity index (χ1v) is 14.4. The second-order valence-corrected chi connectivity index (χ2v) is 11.6. The zero-order valence-electron chi connectivity index (χ0n) is 25.5. The Hall–Kier alpha value is -4.16. The summed E-state index contributed by atoms with van der Waals surface area (Å²) >= 11 is 0. The highest BCUT2D eigenvalue weighted by Crippen LogP contribution is 2.30. The zero-order chi connectivity index (χ0) is 32.0. The highest BCUT2D eigenvalue weighted by molar-refractivity contribution is 5.82. The van der Waals surface area contributed by atoms with Crippen LogP contribution in [-0.2, 0) is 20.7 Å². The Bertz CT molecular complexity index is 1510. The van der Waals surface area contributed by atoms with E-state index >= 15 is 0 Å². The number of hydrogen-bond acceptors (Lipinski definition) is 8. The number of hydrogen-bond donors (Lipinski definition) is 1. The van der Waals surface area contributed by atoms with Gasteiger partial charge in [0.15, 0.2) is 6.10 Å². The normalized spacial score (nSPS) is 18.8. The molecule has 236 valence electrons. The number of aromatic nitrogens is 2. The lowest BCUT2D eigenvalue weighted by molar-refractivity contribution is -0.186. The molecular weight excluding hydrogens is 574 g/mol. The Morgan fingerprint density at radius 2 is 1.93 bits per heavy atom. The van der Waals surface area contributed by atoms with Gasteiger partial charge in [-0.15, -0.1) is 0 Å². The number of benzene rings is 1. The van der Waals surface area contributed by atoms with Crippen LogP contribution in [0.5, 0.6) is 5.88 Å². The number of halogens is 2. The van der Waals surface area contributed by atoms with Gasteiger partial charge < -0.3 is 14.2 Å². The van der Waals surface area contributed by atoms with Crippen molar-refractivity contribution in [3.05, 3.63) is 71.4 Å². The molecule has 0 unspecified atom stereocenters. The topological polar surface area (TPSA) is 114 Å². The van der Waals surface area contributed by atoms with Crippen molar-refractivity contribution >= 4 is 29.1 Å². The summed E-state index contributed by atoms with van der Waals surface area (Å²) in [5.74, 6) is -1.49. The predicted molar refractivity (Wildman–Crippen MR) is 159 cm³/mol. The van der Waals surface area contributed by atoms with E-state index in [9.17, 15) is 23.6 Å². The maximum Gasteiger partial charge on any atom is 0.410 e. The lowest BCUT2D eigenvalue weighted by Gasteiger charge is -2.42. The summed E-state index contributed by atoms with van der Waals surface area (Å²) in [5.41, 5.74) is 1.53. The molecule has 3 atom stereocenters. The predicted octanol–water partition coefficient (Wildman–Crippen LogP) is 5.56. The molecule has 1 aliphatic heterocycles. The molecular formula is C32H38F2N4O6. The van der Waals surface area contributed by atoms with E-state index in [0.29, 0.717) is 42.1 Å². The molecule has 0 saturated carbocycles. The van der Waals surface area contributed by atoms with E-state index in [-0.39, 0.29) is 18.2 Å². The minimum absolute atomic E-state index is 0.00700. The number of carbonyl (C=O) groups is 2. The van der Waals surface area contributed by atoms with Crippen LogP contribution in [0.1, 0.15) is 51.2 Å². The first-order valence-electron chi connectivity index (χ1n) is 14.4. The summed E-state index contributed by atoms with van der Waals surface area (Å²) in [6.45, 7) is 5.06. The van der Waals surface area contributed by atoms with Gasteiger partial charge in [-0.05, 0) is 82.3 Å². The molecule has 2 aromatic heterocycles. The minimum Gasteiger partial charge on any atom is -0.481 e. The molecule has 2 amide bonds. The Morgan fingerprint density at radius 3 is 2.64 bits per heavy atom. The van der Waals surface area contributed by atoms with Gasteiger partial charge in [0.1, 0.15) is 17.2 Å². The van der Waals surface area contributed by atoms with Gasteiger partial charge in [0.05, 0.1) is 30.3 Å². The summed E-state index contributed by atoms with van der Waals surface area (Å²) in [6, 6.07) is 7.72. The largest absolute Gasteiger partial charge is 0.481 e. The van der Waals surface area contributed by atoms with Crippen molar-refractivity contribution in [3.8, 4) is 5.88 Å². The fourth-order valence-electron chi connectivity index (χ4n) is 5.11. The average molecular weight is 613 g/mol. The summed E-state index contributed by atoms with van der Waals surface area (Å²) < 4.78 is 45.1. The van der Waals surface area contributed by atoms with Gasteiger partial charge in [-0.1, -0.05) is 12.2 Å². The summed E-state index contributed by atoms with van der Waals surface area (Å²) in [7, 11) is 2.74. The second kappa shape index (κ2) is 14.1. The van der Waals surface area contributed by atoms with Crippen LogP contribution in [0.25, 0.3) is 17.1 Å². The molecule has 12 heteroatoms. The maximum absolute atomic E-state index is 14.2. The van der Waals surface area contributed by atoms with Crippen molar-refractivity contribution < 1.29 is 37.8 Å². The van der Waals surface area contributed by atoms with Crippen molar-refractivity contribution in [2.75, 3.05) is 20.7 Å². The Kier molecular flexibility index (Phi) is 10.5. The van der Waals surface area contributed by atoms with E-state index in [2.05, 4.69) is 9.97 Å². The van der Waals surface area contributed by atoms with Crippen LogP contribution < -0.4 is 4.74 Å². The van der Waals surface area contributed by atoms with Crippen molar-refractivity contribution in [1.82, 2.24) is 19.9 Å². The average Bonchev–Trinajstić information content (AvgIpc) is 2.98. The fraction of sp³-hybridized carbons (Fsp3) is 0.438. The molecule has 1 aliphatic rings. The zero-order valence-corrected chi connectivity index (χ0v) is 25.5. The van der Waals surface area contributed by atoms with Crippen LogP contribution in [0.4, 0.5) is 13.6 Å². The number of hydroxylamine groups is 2. The number of nitrogens with zero attached hydrogens (tertiary/aromatic N) is 4. The molecule has 1 aromatic carbocycles. The number of likely N-dealkylation sites (N-methyl/N-ethyl adjacent to an activating group) is 1. The van der Waals surface area contributed by atoms with E-state index < -0.39 is 41.4 Å². The van der Waals surface area contributed by atoms with Crippen LogP contribution in [0.3, 0.4) is 0 Å². The molecule has 3 heterocycles. The fourth-order valence-corrected chi connectivity index (χ4v) is 5.11. The van der Waals surface area contributed by atoms with Gasteiger partial charge in [-0.25, -0.2) is 23.6 Å². The number of rotatable bonds is 9. The maximum atomic E-state index is 14.2. The number of ether oxygens (including phenoxy) is 3. The lowest BCUT2D eigenvalue weighted by Crippen LogP contribution is -2.57. The third-order valence-corrected chi connectivity index (χ3v) is 7.21. The number of amides is 2. The summed E-state index contributed by atoms with van der Waals surface area (Å²) in [6.07, 6.45) is 4.25. The van der Waals surface area contributed by atoms with Crippen LogP contribution in [-0.4, -0.2) is 81.7 Å². The van der Waals surface area contributed by atoms with Crippen molar-refractivity contribution in [2.24, 2.45) is 0 Å². The van der Waals surface area contributed by atoms with Gasteiger partial charge in [-0.3, -0.25) is 19.9 Å². The van der Waals surface area contributed by atoms with Crippen molar-refractivity contribution in [3.63, 3.8) is 0 Å². The van der Waals surface area contributed by atoms with Gasteiger partial charge in [0.2, 0.25) is 5.88 Å². The van der Waals surface area contributed by atoms with Gasteiger partial charge in [0.25, 0.3) is 5.91 Å². The van der Waals surface area contributed by atoms with E-state index in [1.165, 1.54) is 24.1 Å². The van der Waals surface area contributed by atoms with Crippen molar-refractivity contribution in [1.29, 1.82) is 0 Å². The SMILES string of the molecule is COc1ccc2nccc(CC[C@@H]3CC[C@@H](N(C/C=C/c4cc(F)ccc4F)C(=O)OC(C)(C)C)[C@H](C(=O)N(C)O)O3)c2n1. The van der Waals surface area contributed by atoms with Crippen LogP contribution in [0.15, 0.2) is 48.7 Å². The number of fused-ring (bicyclic) bond motifs is 1. The molecule has 1 saturated heterocycles. The second-order valence-electron chi connectivity index (χ2n) is 11.6. The molecule has 10 nitrogen and oxygen atoms in total. The van der Waals surface area contributed by atoms with Gasteiger partial charge in [-0.2, -0.15) is 0 Å². The van der Waals surface area contributed by atoms with Gasteiger partial charge in [0, 0.05) is 31.4 Å². The Balaban J connectivity index is 1.56. The Morgan fingerprint density at radius 1 is 1.16 bits per heavy atom. The monoisotopic (exact) mass is 612 g/mol. The van der Waals surface area contributed by atoms with Crippen LogP contribution in [0, 0.1) is 11.6 Å². The standard InChI is InChI=1S/C32H38F2N4O6/c1-32(2,3)44-31(40)38(18-6-7-21-19-22(33)9-12-24(21)34)26-14-11-23(43-29(26)30(39)37(4)41)10-8-20-16-17-35-25-13-15-27(42-5)36-28(20)25/h6-7,9,12-13,15-17,19,23,26,29,41H,8,10-11,14,18H2,1-5H3/b7-6+/t23-,26-,29-/m1/s1. The number of methoxy groups -OCH3 is 1. The third-order valence-electron chi connectivity index (χ3n) is 7.21. The highest BCUT2D eigenvalue weighted by atomic mass is 19.1. The van der Waals surface area contributed by atoms with Crippen LogP contribution in [0.2, 0.25) is 0 Å². The van der Waals surface area contributed by atoms with Gasteiger partial charge >= 0.3 is 6.09 Å². The summed E-state index contributed by atoms with van der Waals surface area (Å²) in [5, 5.41) is 10.5. The van der Waals surface area contributed by atoms with Crippen molar-refractivity contribution in [2.45, 2.75) is 70.3 Å². The molecule has 1 fully saturated rings. The number of aryl methyl sites for hydroxylation is 1. The molecule has 0 aliphatic carbocycles. The molecule has 3 aromatic rings. The van der Waals surface area contributed by atoms with E-state index in [1.54, 1.807) is 40.1 Å². The summed E-state index contributed by atoms with van der Waals surface area (Å²) in [4.78, 5) is 36.8. The molecule has 1 N–H and O–H groups in total. The molecule has 44 heavy (non-hydrogen) atoms. The third kappa shape index (κ3) is 8.26. The molecule has 0 spiro atoms. The van der Waals surface area contributed by atoms with E-state index in [0.717, 1.165) is 29.3 Å². The van der Waals surface area contributed by atoms with E-state index in [4.69, 9.17) is 14.2 Å². The number of pyridine rings is 2. The smallest absolute Gasteiger partial charge is 0.410 e. The molecule has 4 rings (SSSR count). The van der Waals surface area contributed by atoms with Crippen LogP contribution >= 0.6 is 0 Å².